The Balaban J connectivity index is 1.18. The fourth-order valence-corrected chi connectivity index (χ4v) is 8.56. The molecule has 11 nitrogen and oxygen atoms in total. The van der Waals surface area contributed by atoms with Crippen LogP contribution in [-0.2, 0) is 60.3 Å². The molecular formula is C46H62O11Si. The number of carbonyl (C=O) groups excluding carboxylic acids is 1. The minimum atomic E-state index is -2.22. The molecular weight excluding hydrogens is 757 g/mol. The van der Waals surface area contributed by atoms with Crippen molar-refractivity contribution < 1.29 is 51.9 Å². The van der Waals surface area contributed by atoms with Gasteiger partial charge in [-0.25, -0.2) is 0 Å². The van der Waals surface area contributed by atoms with Crippen molar-refractivity contribution in [3.63, 3.8) is 0 Å². The Morgan fingerprint density at radius 3 is 2.14 bits per heavy atom. The summed E-state index contributed by atoms with van der Waals surface area (Å²) in [5.74, 6) is 0.467. The number of hydrogen-bond donors (Lipinski definition) is 0. The van der Waals surface area contributed by atoms with Gasteiger partial charge in [0.2, 0.25) is 0 Å². The first kappa shape index (κ1) is 44.0. The molecule has 0 aromatic heterocycles. The van der Waals surface area contributed by atoms with E-state index in [0.29, 0.717) is 45.7 Å². The van der Waals surface area contributed by atoms with Gasteiger partial charge in [0.25, 0.3) is 0 Å². The van der Waals surface area contributed by atoms with Crippen LogP contribution in [0.5, 0.6) is 5.75 Å². The van der Waals surface area contributed by atoms with Crippen molar-refractivity contribution in [3.8, 4) is 5.75 Å². The van der Waals surface area contributed by atoms with Gasteiger partial charge < -0.3 is 47.1 Å². The Kier molecular flexibility index (Phi) is 15.6. The highest BCUT2D eigenvalue weighted by atomic mass is 28.4. The van der Waals surface area contributed by atoms with Crippen LogP contribution in [0.25, 0.3) is 0 Å². The van der Waals surface area contributed by atoms with Crippen LogP contribution in [-0.4, -0.2) is 90.6 Å². The zero-order valence-electron chi connectivity index (χ0n) is 35.1. The number of rotatable bonds is 17. The Labute approximate surface area is 345 Å². The summed E-state index contributed by atoms with van der Waals surface area (Å²) in [4.78, 5) is 12.3. The van der Waals surface area contributed by atoms with Gasteiger partial charge in [-0.05, 0) is 53.9 Å². The second-order valence-electron chi connectivity index (χ2n) is 16.8. The Morgan fingerprint density at radius 1 is 0.793 bits per heavy atom. The van der Waals surface area contributed by atoms with Crippen molar-refractivity contribution in [2.45, 2.75) is 133 Å². The van der Waals surface area contributed by atoms with E-state index < -0.39 is 32.9 Å². The van der Waals surface area contributed by atoms with Crippen molar-refractivity contribution in [1.29, 1.82) is 0 Å². The quantitative estimate of drug-likeness (QED) is 0.0744. The summed E-state index contributed by atoms with van der Waals surface area (Å²) < 4.78 is 62.9. The molecule has 58 heavy (non-hydrogen) atoms. The molecule has 0 bridgehead atoms. The van der Waals surface area contributed by atoms with Crippen molar-refractivity contribution in [1.82, 2.24) is 0 Å². The van der Waals surface area contributed by atoms with Crippen LogP contribution in [0.2, 0.25) is 18.1 Å². The molecule has 0 spiro atoms. The van der Waals surface area contributed by atoms with Crippen molar-refractivity contribution in [2.24, 2.45) is 0 Å². The number of esters is 1. The van der Waals surface area contributed by atoms with Gasteiger partial charge in [0, 0.05) is 24.8 Å². The number of carbonyl (C=O) groups is 1. The lowest BCUT2D eigenvalue weighted by atomic mass is 9.95. The molecule has 3 aliphatic heterocycles. The topological polar surface area (TPSA) is 109 Å². The third-order valence-electron chi connectivity index (χ3n) is 11.7. The first-order valence-electron chi connectivity index (χ1n) is 20.5. The summed E-state index contributed by atoms with van der Waals surface area (Å²) in [6.45, 7) is 12.8. The smallest absolute Gasteiger partial charge is 0.305 e. The fourth-order valence-electron chi connectivity index (χ4n) is 7.22. The molecule has 0 aliphatic carbocycles. The Morgan fingerprint density at radius 2 is 1.48 bits per heavy atom. The molecule has 9 atom stereocenters. The van der Waals surface area contributed by atoms with E-state index in [1.54, 1.807) is 13.4 Å². The maximum atomic E-state index is 12.3. The van der Waals surface area contributed by atoms with E-state index in [0.717, 1.165) is 22.4 Å². The van der Waals surface area contributed by atoms with Crippen molar-refractivity contribution >= 4 is 14.3 Å². The van der Waals surface area contributed by atoms with Gasteiger partial charge in [-0.2, -0.15) is 0 Å². The number of fused-ring (bicyclic) bond motifs is 1. The molecule has 3 aliphatic rings. The zero-order chi connectivity index (χ0) is 41.1. The van der Waals surface area contributed by atoms with E-state index in [1.165, 1.54) is 7.11 Å². The molecule has 3 aromatic rings. The lowest BCUT2D eigenvalue weighted by molar-refractivity contribution is -0.295. The first-order valence-corrected chi connectivity index (χ1v) is 23.4. The summed E-state index contributed by atoms with van der Waals surface area (Å²) >= 11 is 0. The predicted molar refractivity (Wildman–Crippen MR) is 222 cm³/mol. The van der Waals surface area contributed by atoms with E-state index >= 15 is 0 Å². The highest BCUT2D eigenvalue weighted by molar-refractivity contribution is 6.74. The summed E-state index contributed by atoms with van der Waals surface area (Å²) in [6, 6.07) is 27.8. The lowest BCUT2D eigenvalue weighted by Gasteiger charge is -2.48. The van der Waals surface area contributed by atoms with Gasteiger partial charge in [0.15, 0.2) is 14.6 Å². The second kappa shape index (κ2) is 20.6. The van der Waals surface area contributed by atoms with Crippen molar-refractivity contribution in [3.05, 3.63) is 114 Å². The largest absolute Gasteiger partial charge is 0.497 e. The molecule has 0 radical (unpaired) electrons. The van der Waals surface area contributed by atoms with Crippen LogP contribution in [0.15, 0.2) is 97.3 Å². The normalized spacial score (nSPS) is 27.8. The highest BCUT2D eigenvalue weighted by Gasteiger charge is 2.47. The van der Waals surface area contributed by atoms with Crippen LogP contribution in [0.3, 0.4) is 0 Å². The third kappa shape index (κ3) is 12.0. The minimum absolute atomic E-state index is 0.0147. The molecule has 316 valence electrons. The minimum Gasteiger partial charge on any atom is -0.497 e. The molecule has 3 saturated heterocycles. The molecule has 0 saturated carbocycles. The van der Waals surface area contributed by atoms with E-state index in [4.69, 9.17) is 47.1 Å². The van der Waals surface area contributed by atoms with Gasteiger partial charge in [-0.3, -0.25) is 4.79 Å². The molecule has 3 heterocycles. The molecule has 6 rings (SSSR count). The van der Waals surface area contributed by atoms with Gasteiger partial charge >= 0.3 is 5.97 Å². The zero-order valence-corrected chi connectivity index (χ0v) is 36.1. The van der Waals surface area contributed by atoms with Crippen LogP contribution < -0.4 is 4.74 Å². The van der Waals surface area contributed by atoms with Gasteiger partial charge in [-0.15, -0.1) is 0 Å². The van der Waals surface area contributed by atoms with Gasteiger partial charge in [0.1, 0.15) is 30.2 Å². The standard InChI is InChI=1S/C46H62O11Si/c1-46(2,3)58(6,7)57-41-27-40-43(31-53-45(56-40)34-18-20-35(48-4)21-19-34)55-37(41)24-25-51-38-26-39(52-29-33-16-12-9-13-17-33)42(54-36(38)22-23-44(47)49-5)30-50-28-32-14-10-8-11-15-32/h8-21,24-25,36-43,45H,22-23,26-31H2,1-7H3/b25-24-/t36-,37+,38+,39-,40+,41-,42+,43-,45-/m1/s1. The summed E-state index contributed by atoms with van der Waals surface area (Å²) in [5.41, 5.74) is 3.05. The molecule has 0 N–H and O–H groups in total. The second-order valence-corrected chi connectivity index (χ2v) is 21.6. The third-order valence-corrected chi connectivity index (χ3v) is 16.2. The summed E-state index contributed by atoms with van der Waals surface area (Å²) in [6.07, 6.45) is 2.13. The SMILES string of the molecule is COC(=O)CC[C@H]1O[C@@H](COCc2ccccc2)[C@H](OCc2ccccc2)C[C@@H]1O/C=C\[C@@H]1O[C@@H]2CO[C@@H](c3ccc(OC)cc3)O[C@H]2C[C@H]1O[Si](C)(C)C(C)(C)C. The number of methoxy groups -OCH3 is 2. The van der Waals surface area contributed by atoms with Gasteiger partial charge in [0.05, 0.1) is 71.3 Å². The monoisotopic (exact) mass is 818 g/mol. The maximum Gasteiger partial charge on any atom is 0.305 e. The fraction of sp³-hybridized carbons (Fsp3) is 0.543. The molecule has 3 fully saturated rings. The number of ether oxygens (including phenoxy) is 9. The summed E-state index contributed by atoms with van der Waals surface area (Å²) in [5, 5.41) is -0.0147. The molecule has 3 aromatic carbocycles. The average molecular weight is 819 g/mol. The maximum absolute atomic E-state index is 12.3. The first-order chi connectivity index (χ1) is 27.9. The van der Waals surface area contributed by atoms with E-state index in [2.05, 4.69) is 33.9 Å². The molecule has 0 unspecified atom stereocenters. The lowest BCUT2D eigenvalue weighted by Crippen LogP contribution is -2.56. The summed E-state index contributed by atoms with van der Waals surface area (Å²) in [7, 11) is 0.820. The Hall–Kier alpha value is -3.59. The van der Waals surface area contributed by atoms with E-state index in [9.17, 15) is 4.79 Å². The van der Waals surface area contributed by atoms with Gasteiger partial charge in [-0.1, -0.05) is 93.6 Å². The van der Waals surface area contributed by atoms with Crippen LogP contribution in [0.1, 0.15) is 69.4 Å². The molecule has 12 heteroatoms. The number of benzene rings is 3. The van der Waals surface area contributed by atoms with Crippen LogP contribution in [0, 0.1) is 0 Å². The Bertz CT molecular complexity index is 1710. The predicted octanol–water partition coefficient (Wildman–Crippen LogP) is 8.47. The highest BCUT2D eigenvalue weighted by Crippen LogP contribution is 2.42. The number of hydrogen-bond acceptors (Lipinski definition) is 11. The van der Waals surface area contributed by atoms with Crippen LogP contribution in [0.4, 0.5) is 0 Å². The van der Waals surface area contributed by atoms with E-state index in [1.807, 2.05) is 91.0 Å². The van der Waals surface area contributed by atoms with E-state index in [-0.39, 0.29) is 47.9 Å². The van der Waals surface area contributed by atoms with Crippen molar-refractivity contribution in [2.75, 3.05) is 27.4 Å². The average Bonchev–Trinajstić information content (AvgIpc) is 3.22. The molecule has 0 amide bonds. The van der Waals surface area contributed by atoms with Crippen LogP contribution >= 0.6 is 0 Å².